The molecule has 20 heavy (non-hydrogen) atoms. The lowest BCUT2D eigenvalue weighted by Gasteiger charge is -2.10. The molecule has 2 aromatic heterocycles. The Morgan fingerprint density at radius 3 is 2.45 bits per heavy atom. The van der Waals surface area contributed by atoms with Gasteiger partial charge in [0.1, 0.15) is 0 Å². The molecule has 0 aliphatic heterocycles. The van der Waals surface area contributed by atoms with E-state index < -0.39 is 0 Å². The standard InChI is InChI=1S/C14H18BrN3S2/c1-3-11-4-5-12(20-11)7-17-14(16-2)18-8-13-6-10(15)9-19-13/h4-6,9H,3,7-8H2,1-2H3,(H2,16,17,18). The molecule has 0 atom stereocenters. The van der Waals surface area contributed by atoms with Gasteiger partial charge >= 0.3 is 0 Å². The van der Waals surface area contributed by atoms with Gasteiger partial charge in [0.15, 0.2) is 5.96 Å². The zero-order valence-electron chi connectivity index (χ0n) is 11.6. The highest BCUT2D eigenvalue weighted by Crippen LogP contribution is 2.19. The number of hydrogen-bond acceptors (Lipinski definition) is 3. The molecule has 0 aliphatic rings. The van der Waals surface area contributed by atoms with Crippen LogP contribution in [0.1, 0.15) is 21.6 Å². The highest BCUT2D eigenvalue weighted by atomic mass is 79.9. The van der Waals surface area contributed by atoms with Gasteiger partial charge in [0.25, 0.3) is 0 Å². The van der Waals surface area contributed by atoms with Crippen molar-refractivity contribution < 1.29 is 0 Å². The summed E-state index contributed by atoms with van der Waals surface area (Å²) in [7, 11) is 1.80. The van der Waals surface area contributed by atoms with Crippen LogP contribution in [0.4, 0.5) is 0 Å². The fraction of sp³-hybridized carbons (Fsp3) is 0.357. The first-order valence-corrected chi connectivity index (χ1v) is 8.95. The van der Waals surface area contributed by atoms with Gasteiger partial charge < -0.3 is 10.6 Å². The van der Waals surface area contributed by atoms with E-state index in [9.17, 15) is 0 Å². The van der Waals surface area contributed by atoms with Crippen molar-refractivity contribution in [3.05, 3.63) is 42.7 Å². The number of aliphatic imine (C=N–C) groups is 1. The van der Waals surface area contributed by atoms with E-state index in [2.05, 4.69) is 62.1 Å². The van der Waals surface area contributed by atoms with E-state index in [-0.39, 0.29) is 0 Å². The third kappa shape index (κ3) is 4.61. The predicted molar refractivity (Wildman–Crippen MR) is 92.8 cm³/mol. The number of nitrogens with zero attached hydrogens (tertiary/aromatic N) is 1. The van der Waals surface area contributed by atoms with Gasteiger partial charge in [-0.25, -0.2) is 0 Å². The minimum Gasteiger partial charge on any atom is -0.352 e. The van der Waals surface area contributed by atoms with Gasteiger partial charge in [-0.3, -0.25) is 4.99 Å². The average Bonchev–Trinajstić information content (AvgIpc) is 3.08. The molecule has 0 fully saturated rings. The number of nitrogens with one attached hydrogen (secondary N) is 2. The molecule has 108 valence electrons. The Morgan fingerprint density at radius 1 is 1.20 bits per heavy atom. The molecular weight excluding hydrogens is 354 g/mol. The molecule has 0 spiro atoms. The van der Waals surface area contributed by atoms with Crippen LogP contribution in [0.2, 0.25) is 0 Å². The molecule has 2 aromatic rings. The van der Waals surface area contributed by atoms with Crippen molar-refractivity contribution in [2.45, 2.75) is 26.4 Å². The van der Waals surface area contributed by atoms with Gasteiger partial charge in [-0.15, -0.1) is 22.7 Å². The summed E-state index contributed by atoms with van der Waals surface area (Å²) in [5, 5.41) is 8.75. The zero-order chi connectivity index (χ0) is 14.4. The lowest BCUT2D eigenvalue weighted by Crippen LogP contribution is -2.35. The first-order valence-electron chi connectivity index (χ1n) is 6.46. The van der Waals surface area contributed by atoms with Gasteiger partial charge in [0, 0.05) is 31.5 Å². The number of halogens is 1. The third-order valence-corrected chi connectivity index (χ3v) is 5.70. The third-order valence-electron chi connectivity index (χ3n) is 2.77. The van der Waals surface area contributed by atoms with Crippen molar-refractivity contribution in [1.82, 2.24) is 10.6 Å². The van der Waals surface area contributed by atoms with E-state index in [0.29, 0.717) is 0 Å². The lowest BCUT2D eigenvalue weighted by atomic mass is 10.3. The molecule has 3 nitrogen and oxygen atoms in total. The highest BCUT2D eigenvalue weighted by Gasteiger charge is 2.02. The normalized spacial score (nSPS) is 11.7. The van der Waals surface area contributed by atoms with Gasteiger partial charge in [-0.1, -0.05) is 6.92 Å². The van der Waals surface area contributed by atoms with Crippen LogP contribution in [0.25, 0.3) is 0 Å². The number of thiophene rings is 2. The minimum atomic E-state index is 0.792. The Hall–Kier alpha value is -0.850. The summed E-state index contributed by atoms with van der Waals surface area (Å²) in [5.74, 6) is 0.834. The van der Waals surface area contributed by atoms with E-state index >= 15 is 0 Å². The molecule has 2 rings (SSSR count). The van der Waals surface area contributed by atoms with E-state index in [0.717, 1.165) is 29.9 Å². The van der Waals surface area contributed by atoms with Gasteiger partial charge in [0.05, 0.1) is 13.1 Å². The summed E-state index contributed by atoms with van der Waals surface area (Å²) in [5.41, 5.74) is 0. The summed E-state index contributed by atoms with van der Waals surface area (Å²) in [6.07, 6.45) is 1.10. The molecule has 0 saturated heterocycles. The van der Waals surface area contributed by atoms with E-state index in [1.54, 1.807) is 18.4 Å². The second kappa shape index (κ2) is 7.81. The summed E-state index contributed by atoms with van der Waals surface area (Å²) in [4.78, 5) is 8.29. The van der Waals surface area contributed by atoms with Crippen molar-refractivity contribution >= 4 is 44.6 Å². The maximum absolute atomic E-state index is 4.24. The van der Waals surface area contributed by atoms with Gasteiger partial charge in [0.2, 0.25) is 0 Å². The minimum absolute atomic E-state index is 0.792. The van der Waals surface area contributed by atoms with E-state index in [1.807, 2.05) is 11.3 Å². The van der Waals surface area contributed by atoms with Crippen molar-refractivity contribution in [2.24, 2.45) is 4.99 Å². The Morgan fingerprint density at radius 2 is 1.90 bits per heavy atom. The number of rotatable bonds is 5. The van der Waals surface area contributed by atoms with Crippen LogP contribution < -0.4 is 10.6 Å². The fourth-order valence-electron chi connectivity index (χ4n) is 1.72. The molecule has 0 saturated carbocycles. The van der Waals surface area contributed by atoms with Gasteiger partial charge in [-0.05, 0) is 40.5 Å². The fourth-order valence-corrected chi connectivity index (χ4v) is 4.00. The maximum Gasteiger partial charge on any atom is 0.191 e. The van der Waals surface area contributed by atoms with Crippen LogP contribution >= 0.6 is 38.6 Å². The second-order valence-electron chi connectivity index (χ2n) is 4.23. The summed E-state index contributed by atoms with van der Waals surface area (Å²) < 4.78 is 1.13. The van der Waals surface area contributed by atoms with Crippen LogP contribution in [0.15, 0.2) is 33.0 Å². The van der Waals surface area contributed by atoms with Gasteiger partial charge in [-0.2, -0.15) is 0 Å². The van der Waals surface area contributed by atoms with Crippen molar-refractivity contribution in [3.63, 3.8) is 0 Å². The Labute approximate surface area is 136 Å². The first-order chi connectivity index (χ1) is 9.71. The van der Waals surface area contributed by atoms with Crippen LogP contribution in [-0.4, -0.2) is 13.0 Å². The number of guanidine groups is 1. The second-order valence-corrected chi connectivity index (χ2v) is 7.40. The Bertz CT molecular complexity index is 574. The molecule has 0 aromatic carbocycles. The summed E-state index contributed by atoms with van der Waals surface area (Å²) >= 11 is 7.05. The molecule has 0 aliphatic carbocycles. The lowest BCUT2D eigenvalue weighted by molar-refractivity contribution is 0.822. The molecule has 2 N–H and O–H groups in total. The van der Waals surface area contributed by atoms with E-state index in [4.69, 9.17) is 0 Å². The largest absolute Gasteiger partial charge is 0.352 e. The Kier molecular flexibility index (Phi) is 6.06. The van der Waals surface area contributed by atoms with Crippen LogP contribution in [0, 0.1) is 0 Å². The molecule has 2 heterocycles. The van der Waals surface area contributed by atoms with Crippen molar-refractivity contribution in [1.29, 1.82) is 0 Å². The van der Waals surface area contributed by atoms with Crippen LogP contribution in [0.3, 0.4) is 0 Å². The number of aryl methyl sites for hydroxylation is 1. The van der Waals surface area contributed by atoms with Crippen molar-refractivity contribution in [2.75, 3.05) is 7.05 Å². The number of hydrogen-bond donors (Lipinski definition) is 2. The zero-order valence-corrected chi connectivity index (χ0v) is 14.8. The molecule has 0 unspecified atom stereocenters. The Balaban J connectivity index is 1.80. The SMILES string of the molecule is CCc1ccc(CNC(=NC)NCc2cc(Br)cs2)s1. The quantitative estimate of drug-likeness (QED) is 0.615. The molecular formula is C14H18BrN3S2. The average molecular weight is 372 g/mol. The highest BCUT2D eigenvalue weighted by molar-refractivity contribution is 9.10. The monoisotopic (exact) mass is 371 g/mol. The molecule has 6 heteroatoms. The molecule has 0 radical (unpaired) electrons. The summed E-state index contributed by atoms with van der Waals surface area (Å²) in [6, 6.07) is 6.50. The van der Waals surface area contributed by atoms with Crippen LogP contribution in [-0.2, 0) is 19.5 Å². The van der Waals surface area contributed by atoms with Crippen LogP contribution in [0.5, 0.6) is 0 Å². The molecule has 0 amide bonds. The summed E-state index contributed by atoms with van der Waals surface area (Å²) in [6.45, 7) is 3.79. The molecule has 0 bridgehead atoms. The van der Waals surface area contributed by atoms with E-state index in [1.165, 1.54) is 14.6 Å². The first kappa shape index (κ1) is 15.5. The maximum atomic E-state index is 4.24. The smallest absolute Gasteiger partial charge is 0.191 e. The predicted octanol–water partition coefficient (Wildman–Crippen LogP) is 4.00. The van der Waals surface area contributed by atoms with Crippen molar-refractivity contribution in [3.8, 4) is 0 Å². The topological polar surface area (TPSA) is 36.4 Å².